The lowest BCUT2D eigenvalue weighted by Crippen LogP contribution is -2.05. The van der Waals surface area contributed by atoms with E-state index < -0.39 is 11.7 Å². The molecule has 0 saturated heterocycles. The lowest BCUT2D eigenvalue weighted by Gasteiger charge is -2.08. The summed E-state index contributed by atoms with van der Waals surface area (Å²) >= 11 is 0. The van der Waals surface area contributed by atoms with E-state index in [-0.39, 0.29) is 11.7 Å². The van der Waals surface area contributed by atoms with Crippen LogP contribution < -0.4 is 4.74 Å². The van der Waals surface area contributed by atoms with Crippen LogP contribution in [-0.2, 0) is 12.6 Å². The Balaban J connectivity index is 1.47. The normalized spacial score (nSPS) is 15.0. The molecule has 4 rings (SSSR count). The first-order chi connectivity index (χ1) is 13.4. The van der Waals surface area contributed by atoms with Crippen molar-refractivity contribution in [3.05, 3.63) is 94.7 Å². The quantitative estimate of drug-likeness (QED) is 0.545. The number of pyridine rings is 1. The third kappa shape index (κ3) is 3.67. The molecule has 0 saturated carbocycles. The maximum absolute atomic E-state index is 12.6. The topological polar surface area (TPSA) is 39.2 Å². The molecule has 0 bridgehead atoms. The fourth-order valence-electron chi connectivity index (χ4n) is 3.03. The van der Waals surface area contributed by atoms with Gasteiger partial charge in [-0.2, -0.15) is 13.2 Å². The Labute approximate surface area is 159 Å². The average molecular weight is 381 g/mol. The van der Waals surface area contributed by atoms with Crippen LogP contribution in [0.3, 0.4) is 0 Å². The molecule has 0 radical (unpaired) electrons. The van der Waals surface area contributed by atoms with Gasteiger partial charge < -0.3 is 4.74 Å². The van der Waals surface area contributed by atoms with E-state index in [0.29, 0.717) is 12.2 Å². The second kappa shape index (κ2) is 6.96. The standard InChI is InChI=1S/C22H14F3NO2/c23-22(24,25)17-7-10-20(26-13-17)28-18-8-5-14(6-9-18)11-16-12-15-3-1-2-4-19(15)21(16)27/h1-11,13H,12H2. The Morgan fingerprint density at radius 3 is 2.36 bits per heavy atom. The van der Waals surface area contributed by atoms with E-state index in [9.17, 15) is 18.0 Å². The number of carbonyl (C=O) groups is 1. The highest BCUT2D eigenvalue weighted by Gasteiger charge is 2.30. The van der Waals surface area contributed by atoms with Gasteiger partial charge in [0, 0.05) is 29.8 Å². The van der Waals surface area contributed by atoms with Crippen molar-refractivity contribution in [2.75, 3.05) is 0 Å². The minimum atomic E-state index is -4.43. The summed E-state index contributed by atoms with van der Waals surface area (Å²) < 4.78 is 43.2. The van der Waals surface area contributed by atoms with Crippen molar-refractivity contribution in [3.63, 3.8) is 0 Å². The zero-order chi connectivity index (χ0) is 19.7. The summed E-state index contributed by atoms with van der Waals surface area (Å²) in [6.45, 7) is 0. The highest BCUT2D eigenvalue weighted by Crippen LogP contribution is 2.31. The van der Waals surface area contributed by atoms with Gasteiger partial charge in [0.15, 0.2) is 5.78 Å². The molecular formula is C22H14F3NO2. The van der Waals surface area contributed by atoms with Gasteiger partial charge in [-0.1, -0.05) is 36.4 Å². The lowest BCUT2D eigenvalue weighted by atomic mass is 10.1. The summed E-state index contributed by atoms with van der Waals surface area (Å²) in [5.74, 6) is 0.542. The second-order valence-corrected chi connectivity index (χ2v) is 6.39. The van der Waals surface area contributed by atoms with Crippen molar-refractivity contribution in [2.45, 2.75) is 12.6 Å². The summed E-state index contributed by atoms with van der Waals surface area (Å²) in [6, 6.07) is 16.5. The van der Waals surface area contributed by atoms with Crippen LogP contribution in [0.2, 0.25) is 0 Å². The van der Waals surface area contributed by atoms with Gasteiger partial charge in [0.1, 0.15) is 5.75 Å². The van der Waals surface area contributed by atoms with Gasteiger partial charge in [-0.05, 0) is 35.4 Å². The maximum Gasteiger partial charge on any atom is 0.417 e. The predicted octanol–water partition coefficient (Wildman–Crippen LogP) is 5.72. The summed E-state index contributed by atoms with van der Waals surface area (Å²) in [7, 11) is 0. The number of carbonyl (C=O) groups excluding carboxylic acids is 1. The number of fused-ring (bicyclic) bond motifs is 1. The number of nitrogens with zero attached hydrogens (tertiary/aromatic N) is 1. The van der Waals surface area contributed by atoms with Gasteiger partial charge in [0.25, 0.3) is 0 Å². The average Bonchev–Trinajstić information content (AvgIpc) is 2.99. The van der Waals surface area contributed by atoms with Crippen molar-refractivity contribution in [1.82, 2.24) is 4.98 Å². The summed E-state index contributed by atoms with van der Waals surface area (Å²) in [4.78, 5) is 16.1. The van der Waals surface area contributed by atoms with Crippen LogP contribution in [0.25, 0.3) is 6.08 Å². The number of halogens is 3. The first kappa shape index (κ1) is 18.0. The Morgan fingerprint density at radius 1 is 0.964 bits per heavy atom. The molecule has 140 valence electrons. The molecule has 0 aliphatic heterocycles. The molecule has 1 heterocycles. The van der Waals surface area contributed by atoms with E-state index in [2.05, 4.69) is 4.98 Å². The molecule has 0 amide bonds. The Bertz CT molecular complexity index is 1050. The third-order valence-corrected chi connectivity index (χ3v) is 4.44. The van der Waals surface area contributed by atoms with Gasteiger partial charge >= 0.3 is 6.18 Å². The Morgan fingerprint density at radius 2 is 1.71 bits per heavy atom. The number of alkyl halides is 3. The summed E-state index contributed by atoms with van der Waals surface area (Å²) in [5.41, 5.74) is 2.49. The predicted molar refractivity (Wildman–Crippen MR) is 98.2 cm³/mol. The van der Waals surface area contributed by atoms with E-state index in [4.69, 9.17) is 4.74 Å². The van der Waals surface area contributed by atoms with Crippen LogP contribution >= 0.6 is 0 Å². The molecule has 0 N–H and O–H groups in total. The number of hydrogen-bond acceptors (Lipinski definition) is 3. The number of benzene rings is 2. The molecule has 0 atom stereocenters. The van der Waals surface area contributed by atoms with Crippen LogP contribution in [-0.4, -0.2) is 10.8 Å². The fourth-order valence-corrected chi connectivity index (χ4v) is 3.03. The number of ether oxygens (including phenoxy) is 1. The van der Waals surface area contributed by atoms with Gasteiger partial charge in [-0.15, -0.1) is 0 Å². The first-order valence-electron chi connectivity index (χ1n) is 8.54. The smallest absolute Gasteiger partial charge is 0.417 e. The zero-order valence-corrected chi connectivity index (χ0v) is 14.5. The molecule has 6 heteroatoms. The fraction of sp³-hybridized carbons (Fsp3) is 0.0909. The first-order valence-corrected chi connectivity index (χ1v) is 8.54. The largest absolute Gasteiger partial charge is 0.439 e. The van der Waals surface area contributed by atoms with Crippen LogP contribution in [0.4, 0.5) is 13.2 Å². The van der Waals surface area contributed by atoms with Gasteiger partial charge in [0.05, 0.1) is 5.56 Å². The molecule has 1 aliphatic carbocycles. The minimum Gasteiger partial charge on any atom is -0.439 e. The number of rotatable bonds is 3. The van der Waals surface area contributed by atoms with Crippen molar-refractivity contribution in [2.24, 2.45) is 0 Å². The van der Waals surface area contributed by atoms with E-state index in [0.717, 1.165) is 34.5 Å². The second-order valence-electron chi connectivity index (χ2n) is 6.39. The molecule has 1 aromatic heterocycles. The van der Waals surface area contributed by atoms with E-state index in [1.165, 1.54) is 6.07 Å². The van der Waals surface area contributed by atoms with Crippen LogP contribution in [0, 0.1) is 0 Å². The molecule has 2 aromatic carbocycles. The molecule has 0 spiro atoms. The molecule has 3 aromatic rings. The van der Waals surface area contributed by atoms with Gasteiger partial charge in [0.2, 0.25) is 5.88 Å². The van der Waals surface area contributed by atoms with Crippen molar-refractivity contribution >= 4 is 11.9 Å². The number of allylic oxidation sites excluding steroid dienone is 1. The summed E-state index contributed by atoms with van der Waals surface area (Å²) in [6.07, 6.45) is -1.26. The number of hydrogen-bond donors (Lipinski definition) is 0. The van der Waals surface area contributed by atoms with Crippen LogP contribution in [0.1, 0.15) is 27.0 Å². The van der Waals surface area contributed by atoms with E-state index in [1.54, 1.807) is 24.3 Å². The van der Waals surface area contributed by atoms with E-state index >= 15 is 0 Å². The lowest BCUT2D eigenvalue weighted by molar-refractivity contribution is -0.137. The van der Waals surface area contributed by atoms with Gasteiger partial charge in [-0.3, -0.25) is 4.79 Å². The van der Waals surface area contributed by atoms with E-state index in [1.807, 2.05) is 30.3 Å². The molecule has 28 heavy (non-hydrogen) atoms. The number of Topliss-reactive ketones (excluding diaryl/α,β-unsaturated/α-hetero) is 1. The van der Waals surface area contributed by atoms with Crippen molar-refractivity contribution in [3.8, 4) is 11.6 Å². The maximum atomic E-state index is 12.6. The zero-order valence-electron chi connectivity index (χ0n) is 14.5. The highest BCUT2D eigenvalue weighted by molar-refractivity contribution is 6.15. The molecule has 0 unspecified atom stereocenters. The number of aromatic nitrogens is 1. The van der Waals surface area contributed by atoms with Crippen LogP contribution in [0.15, 0.2) is 72.4 Å². The third-order valence-electron chi connectivity index (χ3n) is 4.44. The molecule has 1 aliphatic rings. The minimum absolute atomic E-state index is 0.0323. The summed E-state index contributed by atoms with van der Waals surface area (Å²) in [5, 5.41) is 0. The Kier molecular flexibility index (Phi) is 4.47. The van der Waals surface area contributed by atoms with Crippen molar-refractivity contribution < 1.29 is 22.7 Å². The molecule has 3 nitrogen and oxygen atoms in total. The SMILES string of the molecule is O=C1C(=Cc2ccc(Oc3ccc(C(F)(F)F)cn3)cc2)Cc2ccccc21. The van der Waals surface area contributed by atoms with Gasteiger partial charge in [-0.25, -0.2) is 4.98 Å². The molecular weight excluding hydrogens is 367 g/mol. The van der Waals surface area contributed by atoms with Crippen molar-refractivity contribution in [1.29, 1.82) is 0 Å². The van der Waals surface area contributed by atoms with Crippen LogP contribution in [0.5, 0.6) is 11.6 Å². The highest BCUT2D eigenvalue weighted by atomic mass is 19.4. The molecule has 0 fully saturated rings. The Hall–Kier alpha value is -3.41. The monoisotopic (exact) mass is 381 g/mol. The number of ketones is 1.